The highest BCUT2D eigenvalue weighted by molar-refractivity contribution is 7.20. The molecule has 0 saturated carbocycles. The van der Waals surface area contributed by atoms with Crippen LogP contribution in [0, 0.1) is 0 Å². The highest BCUT2D eigenvalue weighted by Gasteiger charge is 2.20. The van der Waals surface area contributed by atoms with Crippen LogP contribution in [0.2, 0.25) is 0 Å². The summed E-state index contributed by atoms with van der Waals surface area (Å²) in [4.78, 5) is 34.6. The molecule has 0 unspecified atom stereocenters. The largest absolute Gasteiger partial charge is 0.353 e. The molecule has 4 heterocycles. The maximum Gasteiger partial charge on any atom is 0.284 e. The minimum absolute atomic E-state index is 0.253. The van der Waals surface area contributed by atoms with Crippen molar-refractivity contribution >= 4 is 44.9 Å². The van der Waals surface area contributed by atoms with E-state index >= 15 is 0 Å². The standard InChI is InChI=1S/C21H19N7OS/c29-19(20-26-16-5-1-2-6-17(16)30-20)25-15-13-23-21(24-14-15)28-11-9-27(10-12-28)18-7-3-4-8-22-18/h1-8,13-14H,9-12H2,(H,25,29). The van der Waals surface area contributed by atoms with E-state index in [1.54, 1.807) is 12.4 Å². The van der Waals surface area contributed by atoms with Gasteiger partial charge in [0.1, 0.15) is 5.82 Å². The number of hydrogen-bond donors (Lipinski definition) is 1. The monoisotopic (exact) mass is 417 g/mol. The van der Waals surface area contributed by atoms with Gasteiger partial charge in [0.2, 0.25) is 5.95 Å². The number of nitrogens with zero attached hydrogens (tertiary/aromatic N) is 6. The summed E-state index contributed by atoms with van der Waals surface area (Å²) in [5, 5.41) is 3.25. The predicted octanol–water partition coefficient (Wildman–Crippen LogP) is 3.06. The Labute approximate surface area is 177 Å². The molecule has 0 bridgehead atoms. The first-order valence-corrected chi connectivity index (χ1v) is 10.5. The lowest BCUT2D eigenvalue weighted by Crippen LogP contribution is -2.47. The fourth-order valence-electron chi connectivity index (χ4n) is 3.38. The Kier molecular flexibility index (Phi) is 4.94. The molecular weight excluding hydrogens is 398 g/mol. The summed E-state index contributed by atoms with van der Waals surface area (Å²) in [5.74, 6) is 1.40. The number of nitrogens with one attached hydrogen (secondary N) is 1. The van der Waals surface area contributed by atoms with Crippen molar-refractivity contribution < 1.29 is 4.79 Å². The van der Waals surface area contributed by atoms with E-state index in [2.05, 4.69) is 35.1 Å². The van der Waals surface area contributed by atoms with Crippen LogP contribution >= 0.6 is 11.3 Å². The molecule has 5 rings (SSSR count). The van der Waals surface area contributed by atoms with Gasteiger partial charge in [0.05, 0.1) is 28.3 Å². The lowest BCUT2D eigenvalue weighted by atomic mass is 10.3. The summed E-state index contributed by atoms with van der Waals surface area (Å²) < 4.78 is 0.985. The minimum Gasteiger partial charge on any atom is -0.353 e. The van der Waals surface area contributed by atoms with Crippen LogP contribution in [0.5, 0.6) is 0 Å². The smallest absolute Gasteiger partial charge is 0.284 e. The van der Waals surface area contributed by atoms with Crippen molar-refractivity contribution in [3.8, 4) is 0 Å². The first-order valence-electron chi connectivity index (χ1n) is 9.66. The fraction of sp³-hybridized carbons (Fsp3) is 0.190. The van der Waals surface area contributed by atoms with Gasteiger partial charge in [0, 0.05) is 32.4 Å². The number of thiazole rings is 1. The fourth-order valence-corrected chi connectivity index (χ4v) is 4.24. The summed E-state index contributed by atoms with van der Waals surface area (Å²) in [6, 6.07) is 13.6. The van der Waals surface area contributed by atoms with Gasteiger partial charge in [-0.05, 0) is 24.3 Å². The van der Waals surface area contributed by atoms with Gasteiger partial charge >= 0.3 is 0 Å². The highest BCUT2D eigenvalue weighted by atomic mass is 32.1. The minimum atomic E-state index is -0.253. The predicted molar refractivity (Wildman–Crippen MR) is 118 cm³/mol. The number of anilines is 3. The number of hydrogen-bond acceptors (Lipinski definition) is 8. The molecule has 30 heavy (non-hydrogen) atoms. The molecule has 1 fully saturated rings. The number of benzene rings is 1. The van der Waals surface area contributed by atoms with Crippen LogP contribution in [0.3, 0.4) is 0 Å². The molecule has 150 valence electrons. The van der Waals surface area contributed by atoms with Gasteiger partial charge in [0.25, 0.3) is 5.91 Å². The highest BCUT2D eigenvalue weighted by Crippen LogP contribution is 2.22. The van der Waals surface area contributed by atoms with E-state index in [-0.39, 0.29) is 5.91 Å². The summed E-state index contributed by atoms with van der Waals surface area (Å²) in [6.07, 6.45) is 5.09. The second kappa shape index (κ2) is 8.03. The first-order chi connectivity index (χ1) is 14.8. The zero-order valence-corrected chi connectivity index (χ0v) is 16.9. The number of rotatable bonds is 4. The lowest BCUT2D eigenvalue weighted by Gasteiger charge is -2.35. The zero-order chi connectivity index (χ0) is 20.3. The second-order valence-electron chi connectivity index (χ2n) is 6.87. The van der Waals surface area contributed by atoms with E-state index in [1.165, 1.54) is 11.3 Å². The molecular formula is C21H19N7OS. The molecule has 1 saturated heterocycles. The number of aromatic nitrogens is 4. The van der Waals surface area contributed by atoms with Gasteiger partial charge in [-0.15, -0.1) is 11.3 Å². The summed E-state index contributed by atoms with van der Waals surface area (Å²) in [5.41, 5.74) is 1.37. The summed E-state index contributed by atoms with van der Waals surface area (Å²) in [7, 11) is 0. The van der Waals surface area contributed by atoms with Crippen LogP contribution in [0.1, 0.15) is 9.80 Å². The Morgan fingerprint density at radius 2 is 1.63 bits per heavy atom. The number of piperazine rings is 1. The van der Waals surface area contributed by atoms with Crippen LogP contribution in [-0.2, 0) is 0 Å². The van der Waals surface area contributed by atoms with Crippen molar-refractivity contribution in [2.45, 2.75) is 0 Å². The van der Waals surface area contributed by atoms with Crippen LogP contribution < -0.4 is 15.1 Å². The quantitative estimate of drug-likeness (QED) is 0.546. The Morgan fingerprint density at radius 1 is 0.900 bits per heavy atom. The van der Waals surface area contributed by atoms with Crippen LogP contribution in [0.25, 0.3) is 10.2 Å². The number of amides is 1. The van der Waals surface area contributed by atoms with Gasteiger partial charge in [-0.2, -0.15) is 0 Å². The summed E-state index contributed by atoms with van der Waals surface area (Å²) >= 11 is 1.37. The van der Waals surface area contributed by atoms with E-state index in [0.717, 1.165) is 42.2 Å². The lowest BCUT2D eigenvalue weighted by molar-refractivity contribution is 0.102. The average Bonchev–Trinajstić information content (AvgIpc) is 3.25. The third-order valence-electron chi connectivity index (χ3n) is 4.92. The summed E-state index contributed by atoms with van der Waals surface area (Å²) in [6.45, 7) is 3.34. The molecule has 0 radical (unpaired) electrons. The Hall–Kier alpha value is -3.59. The molecule has 4 aromatic rings. The van der Waals surface area contributed by atoms with Crippen molar-refractivity contribution in [3.05, 3.63) is 66.1 Å². The van der Waals surface area contributed by atoms with Gasteiger partial charge < -0.3 is 15.1 Å². The topological polar surface area (TPSA) is 87.1 Å². The van der Waals surface area contributed by atoms with Crippen molar-refractivity contribution in [1.82, 2.24) is 19.9 Å². The Balaban J connectivity index is 1.21. The molecule has 1 N–H and O–H groups in total. The third kappa shape index (κ3) is 3.79. The first kappa shape index (κ1) is 18.4. The van der Waals surface area contributed by atoms with Crippen molar-refractivity contribution in [2.24, 2.45) is 0 Å². The molecule has 1 aliphatic heterocycles. The van der Waals surface area contributed by atoms with Gasteiger partial charge in [0.15, 0.2) is 5.01 Å². The molecule has 3 aromatic heterocycles. The maximum absolute atomic E-state index is 12.5. The molecule has 8 nitrogen and oxygen atoms in total. The van der Waals surface area contributed by atoms with Crippen molar-refractivity contribution in [2.75, 3.05) is 41.3 Å². The van der Waals surface area contributed by atoms with Gasteiger partial charge in [-0.25, -0.2) is 19.9 Å². The van der Waals surface area contributed by atoms with E-state index < -0.39 is 0 Å². The van der Waals surface area contributed by atoms with Gasteiger partial charge in [-0.1, -0.05) is 18.2 Å². The number of carbonyl (C=O) groups excluding carboxylic acids is 1. The van der Waals surface area contributed by atoms with Crippen LogP contribution in [0.4, 0.5) is 17.5 Å². The van der Waals surface area contributed by atoms with E-state index in [9.17, 15) is 4.79 Å². The molecule has 1 aromatic carbocycles. The molecule has 0 atom stereocenters. The normalized spacial score (nSPS) is 14.1. The van der Waals surface area contributed by atoms with Gasteiger partial charge in [-0.3, -0.25) is 4.79 Å². The van der Waals surface area contributed by atoms with Crippen LogP contribution in [-0.4, -0.2) is 52.0 Å². The molecule has 0 aliphatic carbocycles. The van der Waals surface area contributed by atoms with E-state index in [0.29, 0.717) is 16.6 Å². The Bertz CT molecular complexity index is 1120. The number of fused-ring (bicyclic) bond motifs is 1. The van der Waals surface area contributed by atoms with E-state index in [4.69, 9.17) is 0 Å². The number of pyridine rings is 1. The van der Waals surface area contributed by atoms with Crippen LogP contribution in [0.15, 0.2) is 61.1 Å². The Morgan fingerprint density at radius 3 is 2.37 bits per heavy atom. The number of para-hydroxylation sites is 1. The molecule has 9 heteroatoms. The van der Waals surface area contributed by atoms with E-state index in [1.807, 2.05) is 48.7 Å². The molecule has 0 spiro atoms. The van der Waals surface area contributed by atoms with Crippen molar-refractivity contribution in [1.29, 1.82) is 0 Å². The third-order valence-corrected chi connectivity index (χ3v) is 5.96. The zero-order valence-electron chi connectivity index (χ0n) is 16.1. The average molecular weight is 417 g/mol. The number of carbonyl (C=O) groups is 1. The van der Waals surface area contributed by atoms with Crippen molar-refractivity contribution in [3.63, 3.8) is 0 Å². The SMILES string of the molecule is O=C(Nc1cnc(N2CCN(c3ccccn3)CC2)nc1)c1nc2ccccc2s1. The molecule has 1 amide bonds. The maximum atomic E-state index is 12.5. The molecule has 1 aliphatic rings. The second-order valence-corrected chi connectivity index (χ2v) is 7.91.